The van der Waals surface area contributed by atoms with Crippen molar-refractivity contribution in [2.45, 2.75) is 26.7 Å². The first-order valence-corrected chi connectivity index (χ1v) is 9.24. The van der Waals surface area contributed by atoms with E-state index in [0.29, 0.717) is 23.1 Å². The molecular weight excluding hydrogens is 350 g/mol. The third kappa shape index (κ3) is 5.09. The molecule has 0 aliphatic heterocycles. The van der Waals surface area contributed by atoms with Gasteiger partial charge in [-0.25, -0.2) is 8.78 Å². The second-order valence-electron chi connectivity index (χ2n) is 6.62. The predicted molar refractivity (Wildman–Crippen MR) is 110 cm³/mol. The van der Waals surface area contributed by atoms with Crippen LogP contribution in [0.1, 0.15) is 46.7 Å². The maximum atomic E-state index is 14.3. The third-order valence-corrected chi connectivity index (χ3v) is 4.29. The topological polar surface area (TPSA) is 0 Å². The van der Waals surface area contributed by atoms with E-state index in [4.69, 9.17) is 0 Å². The highest BCUT2D eigenvalue weighted by Crippen LogP contribution is 2.13. The SMILES string of the molecule is CCCc1ccc(C#Cc2ccc(C#Cc3ccc(C)cc3)cc2F)cc1F. The van der Waals surface area contributed by atoms with Gasteiger partial charge in [-0.1, -0.05) is 60.8 Å². The smallest absolute Gasteiger partial charge is 0.140 e. The zero-order chi connectivity index (χ0) is 19.9. The fraction of sp³-hybridized carbons (Fsp3) is 0.154. The van der Waals surface area contributed by atoms with Gasteiger partial charge in [0.05, 0.1) is 5.56 Å². The van der Waals surface area contributed by atoms with Gasteiger partial charge in [-0.15, -0.1) is 0 Å². The number of benzene rings is 3. The van der Waals surface area contributed by atoms with Crippen LogP contribution in [0, 0.1) is 42.2 Å². The van der Waals surface area contributed by atoms with Crippen molar-refractivity contribution in [3.63, 3.8) is 0 Å². The Kier molecular flexibility index (Phi) is 6.25. The van der Waals surface area contributed by atoms with Crippen molar-refractivity contribution in [2.75, 3.05) is 0 Å². The van der Waals surface area contributed by atoms with Crippen LogP contribution in [-0.2, 0) is 6.42 Å². The lowest BCUT2D eigenvalue weighted by Crippen LogP contribution is -1.91. The Morgan fingerprint density at radius 1 is 0.679 bits per heavy atom. The first kappa shape index (κ1) is 19.4. The molecule has 3 rings (SSSR count). The number of hydrogen-bond donors (Lipinski definition) is 0. The van der Waals surface area contributed by atoms with Gasteiger partial charge in [0, 0.05) is 16.7 Å². The molecule has 28 heavy (non-hydrogen) atoms. The zero-order valence-electron chi connectivity index (χ0n) is 15.9. The number of aryl methyl sites for hydroxylation is 2. The molecule has 0 N–H and O–H groups in total. The van der Waals surface area contributed by atoms with Crippen LogP contribution in [0.15, 0.2) is 60.7 Å². The lowest BCUT2D eigenvalue weighted by atomic mass is 10.1. The highest BCUT2D eigenvalue weighted by Gasteiger charge is 2.02. The summed E-state index contributed by atoms with van der Waals surface area (Å²) in [5.74, 6) is 10.9. The minimum atomic E-state index is -0.439. The van der Waals surface area contributed by atoms with E-state index in [0.717, 1.165) is 12.0 Å². The summed E-state index contributed by atoms with van der Waals surface area (Å²) < 4.78 is 28.3. The molecule has 0 bridgehead atoms. The molecule has 0 saturated heterocycles. The number of hydrogen-bond acceptors (Lipinski definition) is 0. The lowest BCUT2D eigenvalue weighted by Gasteiger charge is -2.01. The molecule has 0 amide bonds. The Morgan fingerprint density at radius 2 is 1.25 bits per heavy atom. The van der Waals surface area contributed by atoms with Crippen LogP contribution in [0.25, 0.3) is 0 Å². The highest BCUT2D eigenvalue weighted by molar-refractivity contribution is 5.49. The molecule has 0 saturated carbocycles. The van der Waals surface area contributed by atoms with E-state index < -0.39 is 5.82 Å². The number of halogens is 2. The Morgan fingerprint density at radius 3 is 1.89 bits per heavy atom. The summed E-state index contributed by atoms with van der Waals surface area (Å²) in [4.78, 5) is 0. The Balaban J connectivity index is 1.78. The van der Waals surface area contributed by atoms with Gasteiger partial charge in [0.1, 0.15) is 11.6 Å². The standard InChI is InChI=1S/C26H20F2/c1-3-4-23-14-11-22(18-25(23)27)13-16-24-15-12-21(17-26(24)28)10-9-20-7-5-19(2)6-8-20/h5-8,11-12,14-15,17-18H,3-4H2,1-2H3. The summed E-state index contributed by atoms with van der Waals surface area (Å²) in [5, 5.41) is 0. The molecule has 0 aliphatic rings. The molecule has 0 nitrogen and oxygen atoms in total. The third-order valence-electron chi connectivity index (χ3n) is 4.29. The maximum Gasteiger partial charge on any atom is 0.140 e. The fourth-order valence-corrected chi connectivity index (χ4v) is 2.71. The molecule has 0 spiro atoms. The molecule has 0 aliphatic carbocycles. The van der Waals surface area contributed by atoms with Gasteiger partial charge in [0.2, 0.25) is 0 Å². The van der Waals surface area contributed by atoms with E-state index in [-0.39, 0.29) is 11.4 Å². The molecule has 3 aromatic rings. The number of rotatable bonds is 2. The molecule has 0 heterocycles. The predicted octanol–water partition coefficient (Wildman–Crippen LogP) is 6.03. The molecule has 0 aromatic heterocycles. The molecule has 0 atom stereocenters. The van der Waals surface area contributed by atoms with Crippen molar-refractivity contribution < 1.29 is 8.78 Å². The van der Waals surface area contributed by atoms with Crippen molar-refractivity contribution in [3.05, 3.63) is 106 Å². The summed E-state index contributed by atoms with van der Waals surface area (Å²) in [6.07, 6.45) is 1.57. The second kappa shape index (κ2) is 9.03. The van der Waals surface area contributed by atoms with Crippen molar-refractivity contribution in [2.24, 2.45) is 0 Å². The molecule has 2 heteroatoms. The summed E-state index contributed by atoms with van der Waals surface area (Å²) in [6.45, 7) is 4.02. The van der Waals surface area contributed by atoms with Crippen molar-refractivity contribution in [3.8, 4) is 23.7 Å². The minimum absolute atomic E-state index is 0.263. The van der Waals surface area contributed by atoms with Gasteiger partial charge in [0.15, 0.2) is 0 Å². The summed E-state index contributed by atoms with van der Waals surface area (Å²) >= 11 is 0. The summed E-state index contributed by atoms with van der Waals surface area (Å²) in [6, 6.07) is 17.5. The van der Waals surface area contributed by atoms with E-state index in [1.54, 1.807) is 24.3 Å². The van der Waals surface area contributed by atoms with Crippen LogP contribution in [0.3, 0.4) is 0 Å². The first-order chi connectivity index (χ1) is 13.5. The summed E-state index contributed by atoms with van der Waals surface area (Å²) in [5.41, 5.74) is 4.09. The zero-order valence-corrected chi connectivity index (χ0v) is 15.9. The largest absolute Gasteiger partial charge is 0.207 e. The normalized spacial score (nSPS) is 9.86. The Bertz CT molecular complexity index is 1100. The van der Waals surface area contributed by atoms with Crippen LogP contribution in [-0.4, -0.2) is 0 Å². The van der Waals surface area contributed by atoms with Gasteiger partial charge >= 0.3 is 0 Å². The fourth-order valence-electron chi connectivity index (χ4n) is 2.71. The van der Waals surface area contributed by atoms with Crippen LogP contribution in [0.4, 0.5) is 8.78 Å². The minimum Gasteiger partial charge on any atom is -0.207 e. The molecule has 3 aromatic carbocycles. The van der Waals surface area contributed by atoms with E-state index in [1.807, 2.05) is 38.1 Å². The monoisotopic (exact) mass is 370 g/mol. The quantitative estimate of drug-likeness (QED) is 0.484. The highest BCUT2D eigenvalue weighted by atomic mass is 19.1. The van der Waals surface area contributed by atoms with E-state index in [9.17, 15) is 8.78 Å². The van der Waals surface area contributed by atoms with E-state index in [1.165, 1.54) is 17.7 Å². The average molecular weight is 370 g/mol. The molecule has 138 valence electrons. The van der Waals surface area contributed by atoms with Gasteiger partial charge in [-0.05, 0) is 61.4 Å². The second-order valence-corrected chi connectivity index (χ2v) is 6.62. The molecule has 0 unspecified atom stereocenters. The van der Waals surface area contributed by atoms with Crippen molar-refractivity contribution in [1.82, 2.24) is 0 Å². The van der Waals surface area contributed by atoms with Crippen LogP contribution >= 0.6 is 0 Å². The maximum absolute atomic E-state index is 14.3. The van der Waals surface area contributed by atoms with Crippen molar-refractivity contribution >= 4 is 0 Å². The summed E-state index contributed by atoms with van der Waals surface area (Å²) in [7, 11) is 0. The van der Waals surface area contributed by atoms with Crippen molar-refractivity contribution in [1.29, 1.82) is 0 Å². The van der Waals surface area contributed by atoms with Gasteiger partial charge < -0.3 is 0 Å². The van der Waals surface area contributed by atoms with Gasteiger partial charge in [-0.3, -0.25) is 0 Å². The van der Waals surface area contributed by atoms with Crippen LogP contribution < -0.4 is 0 Å². The van der Waals surface area contributed by atoms with Gasteiger partial charge in [-0.2, -0.15) is 0 Å². The van der Waals surface area contributed by atoms with E-state index >= 15 is 0 Å². The van der Waals surface area contributed by atoms with E-state index in [2.05, 4.69) is 23.7 Å². The van der Waals surface area contributed by atoms with Crippen LogP contribution in [0.5, 0.6) is 0 Å². The molecule has 0 radical (unpaired) electrons. The Hall–Kier alpha value is -3.36. The first-order valence-electron chi connectivity index (χ1n) is 9.24. The molecular formula is C26H20F2. The van der Waals surface area contributed by atoms with Gasteiger partial charge in [0.25, 0.3) is 0 Å². The molecule has 0 fully saturated rings. The van der Waals surface area contributed by atoms with Crippen LogP contribution in [0.2, 0.25) is 0 Å². The lowest BCUT2D eigenvalue weighted by molar-refractivity contribution is 0.607. The Labute approximate surface area is 165 Å². The average Bonchev–Trinajstić information content (AvgIpc) is 2.69.